The van der Waals surface area contributed by atoms with Crippen LogP contribution in [-0.4, -0.2) is 11.4 Å². The molecule has 0 aromatic heterocycles. The molecule has 5 heteroatoms. The van der Waals surface area contributed by atoms with Crippen LogP contribution in [0.5, 0.6) is 11.5 Å². The topological polar surface area (TPSA) is 70.8 Å². The van der Waals surface area contributed by atoms with Gasteiger partial charge in [0.1, 0.15) is 0 Å². The van der Waals surface area contributed by atoms with Crippen LogP contribution < -0.4 is 10.2 Å². The van der Waals surface area contributed by atoms with Crippen LogP contribution in [0.1, 0.15) is 153 Å². The van der Waals surface area contributed by atoms with Crippen LogP contribution in [0, 0.1) is 0 Å². The molecule has 0 amide bonds. The molecule has 0 bridgehead atoms. The molecule has 272 valence electrons. The van der Waals surface area contributed by atoms with Gasteiger partial charge in [0.2, 0.25) is 0 Å². The molecule has 3 aromatic carbocycles. The van der Waals surface area contributed by atoms with Gasteiger partial charge in [-0.15, -0.1) is 11.5 Å². The number of nitrogens with zero attached hydrogens (tertiary/aromatic N) is 2. The van der Waals surface area contributed by atoms with Crippen molar-refractivity contribution < 1.29 is 26.7 Å². The molecule has 49 heavy (non-hydrogen) atoms. The van der Waals surface area contributed by atoms with Crippen LogP contribution in [0.15, 0.2) is 64.6 Å². The Morgan fingerprint density at radius 1 is 0.490 bits per heavy atom. The van der Waals surface area contributed by atoms with Gasteiger partial charge in [-0.25, -0.2) is 0 Å². The van der Waals surface area contributed by atoms with Crippen molar-refractivity contribution in [3.05, 3.63) is 82.4 Å². The molecule has 4 nitrogen and oxygen atoms in total. The zero-order chi connectivity index (χ0) is 35.1. The average Bonchev–Trinajstić information content (AvgIpc) is 3.08. The van der Waals surface area contributed by atoms with Crippen LogP contribution in [-0.2, 0) is 48.6 Å². The monoisotopic (exact) mass is 710 g/mol. The number of benzene rings is 3. The molecule has 0 atom stereocenters. The summed E-state index contributed by atoms with van der Waals surface area (Å²) in [5, 5.41) is 21.6. The zero-order valence-electron chi connectivity index (χ0n) is 31.7. The molecular weight excluding hydrogens is 647 g/mol. The normalized spacial score (nSPS) is 11.6. The molecule has 0 saturated heterocycles. The predicted octanol–water partition coefficient (Wildman–Crippen LogP) is 11.9. The van der Waals surface area contributed by atoms with E-state index in [4.69, 9.17) is 9.98 Å². The summed E-state index contributed by atoms with van der Waals surface area (Å²) in [4.78, 5) is 10.7. The first-order valence-electron chi connectivity index (χ1n) is 19.2. The molecule has 0 aliphatic heterocycles. The molecular formula is C44H64N2NiO2. The SMILES string of the molecule is CCCCCCC(=Nc1ccc(CCC)c(CCC)c1)C(CCCC)=Nc1ccc(CCC)c(CCC)c1.CCc1cccc([O-])c1[O-].[Ni+2]. The number of aryl methyl sites for hydroxylation is 5. The summed E-state index contributed by atoms with van der Waals surface area (Å²) in [6.07, 6.45) is 19.2. The van der Waals surface area contributed by atoms with E-state index in [0.29, 0.717) is 12.0 Å². The number of rotatable bonds is 20. The van der Waals surface area contributed by atoms with E-state index in [0.717, 1.165) is 56.3 Å². The average molecular weight is 712 g/mol. The predicted molar refractivity (Wildman–Crippen MR) is 206 cm³/mol. The number of hydrogen-bond acceptors (Lipinski definition) is 4. The molecule has 0 radical (unpaired) electrons. The minimum absolute atomic E-state index is 0. The summed E-state index contributed by atoms with van der Waals surface area (Å²) in [5.74, 6) is -0.760. The molecule has 3 rings (SSSR count). The van der Waals surface area contributed by atoms with Crippen LogP contribution in [0.3, 0.4) is 0 Å². The standard InChI is InChI=1S/C36H56N2.C8H10O2.Ni/c1-7-13-15-16-22-36(38-34-26-24-30(18-10-4)32(28-34)20-12-6)35(21-14-8-2)37-33-25-23-29(17-9-3)31(27-33)19-11-5;1-2-6-4-3-5-7(9)8(6)10;/h23-28H,7-22H2,1-6H3;3-5,9-10H,2H2,1H3;/q;;+2/p-2. The molecule has 0 spiro atoms. The molecule has 0 unspecified atom stereocenters. The summed E-state index contributed by atoms with van der Waals surface area (Å²) in [6, 6.07) is 18.4. The van der Waals surface area contributed by atoms with Crippen molar-refractivity contribution in [2.45, 2.75) is 158 Å². The van der Waals surface area contributed by atoms with E-state index in [-0.39, 0.29) is 22.2 Å². The van der Waals surface area contributed by atoms with Gasteiger partial charge in [0, 0.05) is 0 Å². The number of unbranched alkanes of at least 4 members (excludes halogenated alkanes) is 4. The van der Waals surface area contributed by atoms with E-state index in [2.05, 4.69) is 77.9 Å². The fourth-order valence-corrected chi connectivity index (χ4v) is 6.14. The van der Waals surface area contributed by atoms with Crippen molar-refractivity contribution in [2.24, 2.45) is 9.98 Å². The van der Waals surface area contributed by atoms with Gasteiger partial charge < -0.3 is 10.2 Å². The molecule has 0 saturated carbocycles. The third kappa shape index (κ3) is 15.7. The van der Waals surface area contributed by atoms with Crippen molar-refractivity contribution in [1.29, 1.82) is 0 Å². The molecule has 0 aliphatic rings. The number of aliphatic imine (C=N–C) groups is 2. The summed E-state index contributed by atoms with van der Waals surface area (Å²) < 4.78 is 0. The van der Waals surface area contributed by atoms with Gasteiger partial charge in [-0.2, -0.15) is 0 Å². The Labute approximate surface area is 309 Å². The maximum Gasteiger partial charge on any atom is 2.00 e. The Morgan fingerprint density at radius 2 is 0.959 bits per heavy atom. The van der Waals surface area contributed by atoms with Crippen molar-refractivity contribution >= 4 is 22.8 Å². The van der Waals surface area contributed by atoms with Crippen LogP contribution in [0.2, 0.25) is 0 Å². The Bertz CT molecular complexity index is 1410. The number of hydrogen-bond donors (Lipinski definition) is 0. The van der Waals surface area contributed by atoms with Crippen molar-refractivity contribution in [1.82, 2.24) is 0 Å². The maximum absolute atomic E-state index is 10.9. The third-order valence-corrected chi connectivity index (χ3v) is 8.79. The van der Waals surface area contributed by atoms with Gasteiger partial charge in [0.25, 0.3) is 0 Å². The second-order valence-electron chi connectivity index (χ2n) is 13.0. The van der Waals surface area contributed by atoms with Gasteiger partial charge in [-0.05, 0) is 104 Å². The molecule has 0 heterocycles. The van der Waals surface area contributed by atoms with Crippen molar-refractivity contribution in [2.75, 3.05) is 0 Å². The Balaban J connectivity index is 0.000000931. The Morgan fingerprint density at radius 3 is 1.39 bits per heavy atom. The van der Waals surface area contributed by atoms with Gasteiger partial charge in [-0.1, -0.05) is 136 Å². The summed E-state index contributed by atoms with van der Waals surface area (Å²) in [6.45, 7) is 15.5. The molecule has 0 fully saturated rings. The van der Waals surface area contributed by atoms with Crippen molar-refractivity contribution in [3.8, 4) is 11.5 Å². The Kier molecular flexibility index (Phi) is 23.4. The van der Waals surface area contributed by atoms with E-state index in [1.807, 2.05) is 6.92 Å². The minimum atomic E-state index is -0.403. The van der Waals surface area contributed by atoms with E-state index in [1.54, 1.807) is 12.1 Å². The maximum atomic E-state index is 10.9. The van der Waals surface area contributed by atoms with Gasteiger partial charge in [0.15, 0.2) is 0 Å². The summed E-state index contributed by atoms with van der Waals surface area (Å²) in [5.41, 5.74) is 11.1. The van der Waals surface area contributed by atoms with E-state index >= 15 is 0 Å². The first kappa shape index (κ1) is 44.1. The van der Waals surface area contributed by atoms with Crippen LogP contribution in [0.4, 0.5) is 11.4 Å². The second kappa shape index (κ2) is 26.0. The molecule has 0 N–H and O–H groups in total. The minimum Gasteiger partial charge on any atom is -0.873 e. The zero-order valence-corrected chi connectivity index (χ0v) is 32.7. The largest absolute Gasteiger partial charge is 2.00 e. The number of para-hydroxylation sites is 1. The smallest absolute Gasteiger partial charge is 0.873 e. The van der Waals surface area contributed by atoms with Gasteiger partial charge in [0.05, 0.1) is 22.8 Å². The van der Waals surface area contributed by atoms with E-state index in [9.17, 15) is 10.2 Å². The van der Waals surface area contributed by atoms with Crippen LogP contribution in [0.25, 0.3) is 0 Å². The van der Waals surface area contributed by atoms with Crippen LogP contribution >= 0.6 is 0 Å². The van der Waals surface area contributed by atoms with E-state index in [1.165, 1.54) is 97.5 Å². The van der Waals surface area contributed by atoms with Crippen molar-refractivity contribution in [3.63, 3.8) is 0 Å². The molecule has 3 aromatic rings. The fourth-order valence-electron chi connectivity index (χ4n) is 6.14. The van der Waals surface area contributed by atoms with Gasteiger partial charge >= 0.3 is 16.5 Å². The first-order valence-corrected chi connectivity index (χ1v) is 19.2. The fraction of sp³-hybridized carbons (Fsp3) is 0.545. The quantitative estimate of drug-likeness (QED) is 0.0665. The Hall–Kier alpha value is -2.91. The molecule has 0 aliphatic carbocycles. The first-order chi connectivity index (χ1) is 23.3. The summed E-state index contributed by atoms with van der Waals surface area (Å²) >= 11 is 0. The summed E-state index contributed by atoms with van der Waals surface area (Å²) in [7, 11) is 0. The third-order valence-electron chi connectivity index (χ3n) is 8.79. The van der Waals surface area contributed by atoms with E-state index < -0.39 is 5.75 Å². The van der Waals surface area contributed by atoms with Gasteiger partial charge in [-0.3, -0.25) is 9.98 Å². The second-order valence-corrected chi connectivity index (χ2v) is 13.0.